The van der Waals surface area contributed by atoms with Gasteiger partial charge in [0, 0.05) is 19.0 Å². The van der Waals surface area contributed by atoms with Crippen LogP contribution in [0.15, 0.2) is 24.3 Å². The van der Waals surface area contributed by atoms with E-state index in [0.29, 0.717) is 17.7 Å². The van der Waals surface area contributed by atoms with Crippen molar-refractivity contribution in [2.24, 2.45) is 29.6 Å². The molecule has 1 aromatic carbocycles. The van der Waals surface area contributed by atoms with Gasteiger partial charge in [-0.1, -0.05) is 12.1 Å². The summed E-state index contributed by atoms with van der Waals surface area (Å²) in [5.41, 5.74) is 2.17. The zero-order valence-electron chi connectivity index (χ0n) is 13.9. The molecule has 0 unspecified atom stereocenters. The van der Waals surface area contributed by atoms with Crippen LogP contribution in [0.4, 0.5) is 5.95 Å². The first-order valence-corrected chi connectivity index (χ1v) is 9.54. The SMILES string of the molecule is O=C(C1C2CC3CC(C2)CC1C3)N1CCn2c1nc1ccccc12. The maximum Gasteiger partial charge on any atom is 0.233 e. The van der Waals surface area contributed by atoms with E-state index in [-0.39, 0.29) is 5.92 Å². The van der Waals surface area contributed by atoms with Crippen molar-refractivity contribution in [1.29, 1.82) is 0 Å². The average molecular weight is 321 g/mol. The Morgan fingerprint density at radius 3 is 2.42 bits per heavy atom. The highest BCUT2D eigenvalue weighted by atomic mass is 16.2. The maximum atomic E-state index is 13.4. The molecule has 24 heavy (non-hydrogen) atoms. The van der Waals surface area contributed by atoms with Gasteiger partial charge in [-0.25, -0.2) is 4.98 Å². The smallest absolute Gasteiger partial charge is 0.233 e. The van der Waals surface area contributed by atoms with Crippen molar-refractivity contribution in [2.75, 3.05) is 11.4 Å². The normalized spacial score (nSPS) is 36.5. The molecule has 5 aliphatic rings. The Labute approximate surface area is 141 Å². The summed E-state index contributed by atoms with van der Waals surface area (Å²) in [7, 11) is 0. The third-order valence-corrected chi connectivity index (χ3v) is 7.20. The number of carbonyl (C=O) groups is 1. The Kier molecular flexibility index (Phi) is 2.59. The van der Waals surface area contributed by atoms with Crippen molar-refractivity contribution in [3.63, 3.8) is 0 Å². The van der Waals surface area contributed by atoms with Crippen molar-refractivity contribution in [1.82, 2.24) is 9.55 Å². The summed E-state index contributed by atoms with van der Waals surface area (Å²) in [4.78, 5) is 20.2. The van der Waals surface area contributed by atoms with E-state index in [9.17, 15) is 4.79 Å². The zero-order valence-corrected chi connectivity index (χ0v) is 13.9. The molecule has 0 spiro atoms. The van der Waals surface area contributed by atoms with E-state index in [4.69, 9.17) is 4.98 Å². The van der Waals surface area contributed by atoms with Crippen LogP contribution >= 0.6 is 0 Å². The number of hydrogen-bond acceptors (Lipinski definition) is 2. The highest BCUT2D eigenvalue weighted by Crippen LogP contribution is 2.57. The van der Waals surface area contributed by atoms with Gasteiger partial charge < -0.3 is 4.57 Å². The van der Waals surface area contributed by atoms with E-state index in [1.54, 1.807) is 0 Å². The molecule has 124 valence electrons. The Balaban J connectivity index is 1.36. The van der Waals surface area contributed by atoms with Gasteiger partial charge in [0.05, 0.1) is 11.0 Å². The van der Waals surface area contributed by atoms with E-state index >= 15 is 0 Å². The van der Waals surface area contributed by atoms with Crippen LogP contribution in [0.3, 0.4) is 0 Å². The third-order valence-electron chi connectivity index (χ3n) is 7.20. The first-order valence-electron chi connectivity index (χ1n) is 9.54. The molecule has 4 heteroatoms. The van der Waals surface area contributed by atoms with Crippen LogP contribution in [0.5, 0.6) is 0 Å². The third kappa shape index (κ3) is 1.69. The molecule has 1 aliphatic heterocycles. The van der Waals surface area contributed by atoms with Crippen molar-refractivity contribution in [3.8, 4) is 0 Å². The number of rotatable bonds is 1. The van der Waals surface area contributed by atoms with E-state index in [0.717, 1.165) is 41.9 Å². The lowest BCUT2D eigenvalue weighted by Crippen LogP contribution is -2.51. The largest absolute Gasteiger partial charge is 0.308 e. The highest BCUT2D eigenvalue weighted by Gasteiger charge is 2.52. The first kappa shape index (κ1) is 13.5. The number of para-hydroxylation sites is 2. The van der Waals surface area contributed by atoms with Crippen LogP contribution < -0.4 is 4.90 Å². The summed E-state index contributed by atoms with van der Waals surface area (Å²) >= 11 is 0. The minimum Gasteiger partial charge on any atom is -0.308 e. The lowest BCUT2D eigenvalue weighted by atomic mass is 9.51. The highest BCUT2D eigenvalue weighted by molar-refractivity contribution is 5.96. The van der Waals surface area contributed by atoms with Crippen LogP contribution in [0.25, 0.3) is 11.0 Å². The Bertz CT molecular complexity index is 811. The fraction of sp³-hybridized carbons (Fsp3) is 0.600. The standard InChI is InChI=1S/C20H23N3O/c24-19(18-14-8-12-7-13(10-14)11-15(18)9-12)23-6-5-22-17-4-2-1-3-16(17)21-20(22)23/h1-4,12-15,18H,5-11H2. The molecule has 4 bridgehead atoms. The molecule has 1 amide bonds. The summed E-state index contributed by atoms with van der Waals surface area (Å²) in [6.45, 7) is 1.68. The molecule has 0 atom stereocenters. The van der Waals surface area contributed by atoms with Crippen molar-refractivity contribution in [2.45, 2.75) is 38.6 Å². The number of aromatic nitrogens is 2. The van der Waals surface area contributed by atoms with Gasteiger partial charge in [-0.3, -0.25) is 9.69 Å². The van der Waals surface area contributed by atoms with Crippen molar-refractivity contribution < 1.29 is 4.79 Å². The van der Waals surface area contributed by atoms with Crippen LogP contribution in [-0.2, 0) is 11.3 Å². The first-order chi connectivity index (χ1) is 11.8. The Morgan fingerprint density at radius 2 is 1.67 bits per heavy atom. The second-order valence-corrected chi connectivity index (χ2v) is 8.50. The number of hydrogen-bond donors (Lipinski definition) is 0. The minimum atomic E-state index is 0.268. The second kappa shape index (κ2) is 4.62. The molecule has 4 saturated carbocycles. The number of amides is 1. The van der Waals surface area contributed by atoms with Gasteiger partial charge >= 0.3 is 0 Å². The Hall–Kier alpha value is -1.84. The molecular weight excluding hydrogens is 298 g/mol. The summed E-state index contributed by atoms with van der Waals surface area (Å²) in [5, 5.41) is 0. The average Bonchev–Trinajstić information content (AvgIpc) is 3.12. The Morgan fingerprint density at radius 1 is 0.958 bits per heavy atom. The van der Waals surface area contributed by atoms with Gasteiger partial charge in [0.2, 0.25) is 11.9 Å². The number of fused-ring (bicyclic) bond motifs is 3. The summed E-state index contributed by atoms with van der Waals surface area (Å²) in [6, 6.07) is 8.24. The molecule has 0 saturated heterocycles. The van der Waals surface area contributed by atoms with E-state index < -0.39 is 0 Å². The van der Waals surface area contributed by atoms with Gasteiger partial charge in [0.15, 0.2) is 0 Å². The molecule has 4 fully saturated rings. The fourth-order valence-corrected chi connectivity index (χ4v) is 6.51. The topological polar surface area (TPSA) is 38.1 Å². The molecule has 4 aliphatic carbocycles. The van der Waals surface area contributed by atoms with E-state index in [1.165, 1.54) is 32.1 Å². The summed E-state index contributed by atoms with van der Waals surface area (Å²) in [5.74, 6) is 4.65. The van der Waals surface area contributed by atoms with Crippen LogP contribution in [0.2, 0.25) is 0 Å². The molecule has 0 radical (unpaired) electrons. The lowest BCUT2D eigenvalue weighted by molar-refractivity contribution is -0.135. The van der Waals surface area contributed by atoms with Crippen molar-refractivity contribution >= 4 is 22.9 Å². The van der Waals surface area contributed by atoms with Crippen molar-refractivity contribution in [3.05, 3.63) is 24.3 Å². The van der Waals surface area contributed by atoms with Gasteiger partial charge in [0.25, 0.3) is 0 Å². The monoisotopic (exact) mass is 321 g/mol. The molecule has 4 nitrogen and oxygen atoms in total. The van der Waals surface area contributed by atoms with Gasteiger partial charge in [-0.2, -0.15) is 0 Å². The minimum absolute atomic E-state index is 0.268. The second-order valence-electron chi connectivity index (χ2n) is 8.50. The molecule has 2 heterocycles. The molecule has 7 rings (SSSR count). The molecular formula is C20H23N3O. The lowest BCUT2D eigenvalue weighted by Gasteiger charge is -2.54. The fourth-order valence-electron chi connectivity index (χ4n) is 6.51. The maximum absolute atomic E-state index is 13.4. The van der Waals surface area contributed by atoms with Gasteiger partial charge in [0.1, 0.15) is 0 Å². The van der Waals surface area contributed by atoms with Crippen LogP contribution in [0.1, 0.15) is 32.1 Å². The number of anilines is 1. The van der Waals surface area contributed by atoms with E-state index in [1.807, 2.05) is 17.0 Å². The number of carbonyl (C=O) groups excluding carboxylic acids is 1. The number of nitrogens with zero attached hydrogens (tertiary/aromatic N) is 3. The summed E-state index contributed by atoms with van der Waals surface area (Å²) < 4.78 is 2.23. The predicted octanol–water partition coefficient (Wildman–Crippen LogP) is 3.46. The predicted molar refractivity (Wildman–Crippen MR) is 92.6 cm³/mol. The zero-order chi connectivity index (χ0) is 15.8. The van der Waals surface area contributed by atoms with Gasteiger partial charge in [-0.15, -0.1) is 0 Å². The number of benzene rings is 1. The molecule has 1 aromatic heterocycles. The van der Waals surface area contributed by atoms with Crippen LogP contribution in [-0.4, -0.2) is 22.0 Å². The molecule has 2 aromatic rings. The summed E-state index contributed by atoms with van der Waals surface area (Å²) in [6.07, 6.45) is 6.63. The van der Waals surface area contributed by atoms with E-state index in [2.05, 4.69) is 16.7 Å². The molecule has 0 N–H and O–H groups in total. The van der Waals surface area contributed by atoms with Gasteiger partial charge in [-0.05, 0) is 67.9 Å². The quantitative estimate of drug-likeness (QED) is 0.807. The van der Waals surface area contributed by atoms with Crippen LogP contribution in [0, 0.1) is 29.6 Å². The number of imidazole rings is 1.